The first-order chi connectivity index (χ1) is 12.0. The second-order valence-corrected chi connectivity index (χ2v) is 8.24. The third-order valence-corrected chi connectivity index (χ3v) is 6.50. The quantitative estimate of drug-likeness (QED) is 0.676. The fourth-order valence-corrected chi connectivity index (χ4v) is 5.23. The summed E-state index contributed by atoms with van der Waals surface area (Å²) in [5.41, 5.74) is 8.61. The molecular weight excluding hydrogens is 375 g/mol. The average molecular weight is 394 g/mol. The zero-order valence-electron chi connectivity index (χ0n) is 13.6. The van der Waals surface area contributed by atoms with E-state index < -0.39 is 0 Å². The zero-order chi connectivity index (χ0) is 17.6. The largest absolute Gasteiger partial charge is 0.387 e. The monoisotopic (exact) mass is 392 g/mol. The highest BCUT2D eigenvalue weighted by Crippen LogP contribution is 2.52. The molecule has 2 aromatic rings. The van der Waals surface area contributed by atoms with E-state index in [4.69, 9.17) is 40.5 Å². The number of nitrogens with zero attached hydrogens (tertiary/aromatic N) is 1. The molecule has 1 heterocycles. The van der Waals surface area contributed by atoms with E-state index in [-0.39, 0.29) is 0 Å². The van der Waals surface area contributed by atoms with Gasteiger partial charge in [0.05, 0.1) is 5.84 Å². The number of fused-ring (bicyclic) bond motifs is 1. The first-order valence-corrected chi connectivity index (χ1v) is 9.68. The Hall–Kier alpha value is -1.22. The SMILES string of the molecule is NC1=NC[C@H]2[C@@H](c3ccc(Cl)cc3)[C@H](c3ccc(Cl)cc3Cl)CC[C@@H]12. The lowest BCUT2D eigenvalue weighted by molar-refractivity contribution is 0.248. The standard InChI is InChI=1S/C20H19Cl3N2/c21-12-3-1-11(2-4-12)19-15(14-6-5-13(22)9-18(14)23)7-8-16-17(19)10-25-20(16)24/h1-6,9,15-17,19H,7-8,10H2,(H2,24,25)/t15-,16+,17+,19-/m0/s1. The lowest BCUT2D eigenvalue weighted by Crippen LogP contribution is -2.36. The summed E-state index contributed by atoms with van der Waals surface area (Å²) >= 11 is 18.8. The molecule has 0 spiro atoms. The second-order valence-electron chi connectivity index (χ2n) is 6.96. The van der Waals surface area contributed by atoms with Gasteiger partial charge in [-0.1, -0.05) is 53.0 Å². The Balaban J connectivity index is 1.78. The molecule has 1 aliphatic heterocycles. The molecule has 2 N–H and O–H groups in total. The van der Waals surface area contributed by atoms with Crippen molar-refractivity contribution in [3.63, 3.8) is 0 Å². The van der Waals surface area contributed by atoms with Gasteiger partial charge in [0.25, 0.3) is 0 Å². The topological polar surface area (TPSA) is 38.4 Å². The summed E-state index contributed by atoms with van der Waals surface area (Å²) in [5.74, 6) is 2.23. The molecule has 130 valence electrons. The van der Waals surface area contributed by atoms with Crippen molar-refractivity contribution >= 4 is 40.6 Å². The fraction of sp³-hybridized carbons (Fsp3) is 0.350. The molecule has 2 nitrogen and oxygen atoms in total. The molecule has 0 amide bonds. The van der Waals surface area contributed by atoms with Crippen LogP contribution in [0.1, 0.15) is 35.8 Å². The molecule has 0 radical (unpaired) electrons. The maximum Gasteiger partial charge on any atom is 0.0972 e. The summed E-state index contributed by atoms with van der Waals surface area (Å²) in [7, 11) is 0. The van der Waals surface area contributed by atoms with Crippen LogP contribution >= 0.6 is 34.8 Å². The third-order valence-electron chi connectivity index (χ3n) is 5.68. The van der Waals surface area contributed by atoms with E-state index in [1.165, 1.54) is 5.56 Å². The molecule has 1 aliphatic carbocycles. The van der Waals surface area contributed by atoms with Gasteiger partial charge >= 0.3 is 0 Å². The predicted octanol–water partition coefficient (Wildman–Crippen LogP) is 5.91. The van der Waals surface area contributed by atoms with Crippen LogP contribution in [0.15, 0.2) is 47.5 Å². The molecule has 4 rings (SSSR count). The molecule has 2 aliphatic rings. The molecular formula is C20H19Cl3N2. The molecule has 1 fully saturated rings. The summed E-state index contributed by atoms with van der Waals surface area (Å²) in [5, 5.41) is 2.15. The van der Waals surface area contributed by atoms with Crippen LogP contribution in [0.25, 0.3) is 0 Å². The van der Waals surface area contributed by atoms with Crippen LogP contribution in [0.2, 0.25) is 15.1 Å². The second kappa shape index (κ2) is 6.83. The molecule has 5 heteroatoms. The Labute approximate surface area is 163 Å². The summed E-state index contributed by atoms with van der Waals surface area (Å²) in [6, 6.07) is 14.0. The molecule has 0 bridgehead atoms. The molecule has 0 aromatic heterocycles. The van der Waals surface area contributed by atoms with Crippen LogP contribution in [0.5, 0.6) is 0 Å². The van der Waals surface area contributed by atoms with E-state index in [9.17, 15) is 0 Å². The van der Waals surface area contributed by atoms with E-state index in [0.717, 1.165) is 40.8 Å². The third kappa shape index (κ3) is 3.16. The average Bonchev–Trinajstić information content (AvgIpc) is 2.97. The van der Waals surface area contributed by atoms with E-state index in [2.05, 4.69) is 23.2 Å². The molecule has 25 heavy (non-hydrogen) atoms. The van der Waals surface area contributed by atoms with Crippen LogP contribution in [0.3, 0.4) is 0 Å². The van der Waals surface area contributed by atoms with Gasteiger partial charge in [0, 0.05) is 27.5 Å². The van der Waals surface area contributed by atoms with Crippen molar-refractivity contribution in [1.29, 1.82) is 0 Å². The number of hydrogen-bond donors (Lipinski definition) is 1. The van der Waals surface area contributed by atoms with Crippen molar-refractivity contribution in [3.05, 3.63) is 68.7 Å². The predicted molar refractivity (Wildman–Crippen MR) is 106 cm³/mol. The molecule has 4 atom stereocenters. The van der Waals surface area contributed by atoms with Gasteiger partial charge in [-0.25, -0.2) is 0 Å². The van der Waals surface area contributed by atoms with Crippen molar-refractivity contribution in [1.82, 2.24) is 0 Å². The number of hydrogen-bond acceptors (Lipinski definition) is 2. The number of amidine groups is 1. The van der Waals surface area contributed by atoms with Gasteiger partial charge in [-0.15, -0.1) is 0 Å². The Morgan fingerprint density at radius 1 is 0.880 bits per heavy atom. The Bertz CT molecular complexity index is 816. The van der Waals surface area contributed by atoms with Gasteiger partial charge < -0.3 is 5.73 Å². The number of rotatable bonds is 2. The van der Waals surface area contributed by atoms with Crippen molar-refractivity contribution in [2.75, 3.05) is 6.54 Å². The number of nitrogens with two attached hydrogens (primary N) is 1. The number of aliphatic imine (C=N–C) groups is 1. The Kier molecular flexibility index (Phi) is 4.70. The normalized spacial score (nSPS) is 28.5. The Morgan fingerprint density at radius 3 is 2.28 bits per heavy atom. The van der Waals surface area contributed by atoms with Crippen LogP contribution in [0, 0.1) is 11.8 Å². The van der Waals surface area contributed by atoms with Crippen LogP contribution in [-0.2, 0) is 0 Å². The van der Waals surface area contributed by atoms with Crippen LogP contribution in [0.4, 0.5) is 0 Å². The van der Waals surface area contributed by atoms with Gasteiger partial charge in [0.15, 0.2) is 0 Å². The van der Waals surface area contributed by atoms with E-state index in [0.29, 0.717) is 28.7 Å². The number of halogens is 3. The van der Waals surface area contributed by atoms with Crippen molar-refractivity contribution in [2.24, 2.45) is 22.6 Å². The Morgan fingerprint density at radius 2 is 1.56 bits per heavy atom. The van der Waals surface area contributed by atoms with Gasteiger partial charge in [-0.2, -0.15) is 0 Å². The van der Waals surface area contributed by atoms with Gasteiger partial charge in [-0.3, -0.25) is 4.99 Å². The van der Waals surface area contributed by atoms with E-state index in [1.807, 2.05) is 24.3 Å². The summed E-state index contributed by atoms with van der Waals surface area (Å²) in [6.07, 6.45) is 2.08. The van der Waals surface area contributed by atoms with Gasteiger partial charge in [0.2, 0.25) is 0 Å². The summed E-state index contributed by atoms with van der Waals surface area (Å²) in [4.78, 5) is 4.55. The summed E-state index contributed by atoms with van der Waals surface area (Å²) in [6.45, 7) is 0.783. The van der Waals surface area contributed by atoms with Crippen molar-refractivity contribution in [3.8, 4) is 0 Å². The van der Waals surface area contributed by atoms with Gasteiger partial charge in [0.1, 0.15) is 0 Å². The molecule has 0 unspecified atom stereocenters. The number of benzene rings is 2. The maximum absolute atomic E-state index is 6.55. The minimum absolute atomic E-state index is 0.319. The minimum Gasteiger partial charge on any atom is -0.387 e. The first kappa shape index (κ1) is 17.2. The van der Waals surface area contributed by atoms with E-state index >= 15 is 0 Å². The highest BCUT2D eigenvalue weighted by molar-refractivity contribution is 6.35. The van der Waals surface area contributed by atoms with Gasteiger partial charge in [-0.05, 0) is 66.0 Å². The minimum atomic E-state index is 0.319. The van der Waals surface area contributed by atoms with Crippen molar-refractivity contribution in [2.45, 2.75) is 24.7 Å². The molecule has 2 aromatic carbocycles. The summed E-state index contributed by atoms with van der Waals surface area (Å²) < 4.78 is 0. The van der Waals surface area contributed by atoms with Crippen LogP contribution < -0.4 is 5.73 Å². The smallest absolute Gasteiger partial charge is 0.0972 e. The van der Waals surface area contributed by atoms with Crippen molar-refractivity contribution < 1.29 is 0 Å². The molecule has 1 saturated carbocycles. The van der Waals surface area contributed by atoms with Crippen LogP contribution in [-0.4, -0.2) is 12.4 Å². The lowest BCUT2D eigenvalue weighted by atomic mass is 9.63. The fourth-order valence-electron chi connectivity index (χ4n) is 4.55. The zero-order valence-corrected chi connectivity index (χ0v) is 15.9. The first-order valence-electron chi connectivity index (χ1n) is 8.55. The maximum atomic E-state index is 6.55. The lowest BCUT2D eigenvalue weighted by Gasteiger charge is -2.41. The molecule has 0 saturated heterocycles. The highest BCUT2D eigenvalue weighted by atomic mass is 35.5. The van der Waals surface area contributed by atoms with E-state index in [1.54, 1.807) is 0 Å². The highest BCUT2D eigenvalue weighted by Gasteiger charge is 2.44.